The van der Waals surface area contributed by atoms with Gasteiger partial charge in [0, 0.05) is 23.6 Å². The Morgan fingerprint density at radius 1 is 1.33 bits per heavy atom. The van der Waals surface area contributed by atoms with Crippen molar-refractivity contribution in [3.8, 4) is 0 Å². The zero-order chi connectivity index (χ0) is 14.2. The van der Waals surface area contributed by atoms with Crippen molar-refractivity contribution < 1.29 is 4.42 Å². The fourth-order valence-electron chi connectivity index (χ4n) is 3.08. The number of para-hydroxylation sites is 1. The number of nitrogens with zero attached hydrogens (tertiary/aromatic N) is 3. The number of likely N-dealkylation sites (N-methyl/N-ethyl adjacent to an activating group) is 1. The summed E-state index contributed by atoms with van der Waals surface area (Å²) in [5, 5.41) is 9.68. The average Bonchev–Trinajstić information content (AvgIpc) is 3.20. The molecular formula is C16H18N4O. The first-order chi connectivity index (χ1) is 10.3. The van der Waals surface area contributed by atoms with Crippen molar-refractivity contribution in [3.05, 3.63) is 47.8 Å². The molecule has 4 rings (SSSR count). The summed E-state index contributed by atoms with van der Waals surface area (Å²) >= 11 is 0. The van der Waals surface area contributed by atoms with Gasteiger partial charge in [0.2, 0.25) is 11.8 Å². The summed E-state index contributed by atoms with van der Waals surface area (Å²) in [6, 6.07) is 8.27. The Balaban J connectivity index is 1.56. The zero-order valence-electron chi connectivity index (χ0n) is 12.0. The van der Waals surface area contributed by atoms with Gasteiger partial charge in [0.15, 0.2) is 0 Å². The molecule has 5 nitrogen and oxygen atoms in total. The van der Waals surface area contributed by atoms with Crippen molar-refractivity contribution in [2.75, 3.05) is 20.1 Å². The molecule has 108 valence electrons. The fourth-order valence-corrected chi connectivity index (χ4v) is 3.08. The van der Waals surface area contributed by atoms with E-state index in [1.807, 2.05) is 18.3 Å². The lowest BCUT2D eigenvalue weighted by Crippen LogP contribution is -2.13. The molecule has 1 aromatic carbocycles. The molecule has 1 fully saturated rings. The Morgan fingerprint density at radius 2 is 2.24 bits per heavy atom. The number of nitrogens with one attached hydrogen (secondary N) is 1. The largest absolute Gasteiger partial charge is 0.425 e. The molecule has 3 heterocycles. The van der Waals surface area contributed by atoms with Gasteiger partial charge in [-0.25, -0.2) is 0 Å². The molecule has 0 radical (unpaired) electrons. The van der Waals surface area contributed by atoms with E-state index in [1.165, 1.54) is 10.9 Å². The van der Waals surface area contributed by atoms with E-state index in [4.69, 9.17) is 4.42 Å². The lowest BCUT2D eigenvalue weighted by atomic mass is 10.1. The second-order valence-electron chi connectivity index (χ2n) is 5.82. The molecule has 3 aromatic rings. The van der Waals surface area contributed by atoms with Crippen LogP contribution >= 0.6 is 0 Å². The van der Waals surface area contributed by atoms with Crippen molar-refractivity contribution in [1.29, 1.82) is 0 Å². The minimum atomic E-state index is 0.388. The summed E-state index contributed by atoms with van der Waals surface area (Å²) in [7, 11) is 2.13. The number of benzene rings is 1. The number of aromatic nitrogens is 3. The van der Waals surface area contributed by atoms with E-state index >= 15 is 0 Å². The number of aromatic amines is 1. The van der Waals surface area contributed by atoms with Crippen LogP contribution in [0, 0.1) is 0 Å². The molecule has 0 unspecified atom stereocenters. The number of fused-ring (bicyclic) bond motifs is 1. The third kappa shape index (κ3) is 2.34. The Hall–Kier alpha value is -2.14. The molecule has 0 amide bonds. The van der Waals surface area contributed by atoms with Gasteiger partial charge in [-0.2, -0.15) is 0 Å². The molecular weight excluding hydrogens is 264 g/mol. The van der Waals surface area contributed by atoms with Gasteiger partial charge in [-0.1, -0.05) is 18.2 Å². The summed E-state index contributed by atoms with van der Waals surface area (Å²) in [6.07, 6.45) is 3.81. The predicted octanol–water partition coefficient (Wildman–Crippen LogP) is 2.56. The van der Waals surface area contributed by atoms with Crippen LogP contribution in [0.25, 0.3) is 10.9 Å². The first-order valence-electron chi connectivity index (χ1n) is 7.35. The highest BCUT2D eigenvalue weighted by molar-refractivity contribution is 5.83. The maximum Gasteiger partial charge on any atom is 0.221 e. The Labute approximate surface area is 123 Å². The molecule has 0 spiro atoms. The van der Waals surface area contributed by atoms with Gasteiger partial charge in [-0.3, -0.25) is 0 Å². The smallest absolute Gasteiger partial charge is 0.221 e. The van der Waals surface area contributed by atoms with Crippen LogP contribution in [-0.4, -0.2) is 40.2 Å². The van der Waals surface area contributed by atoms with Gasteiger partial charge in [-0.15, -0.1) is 10.2 Å². The van der Waals surface area contributed by atoms with Crippen molar-refractivity contribution in [2.45, 2.75) is 18.8 Å². The van der Waals surface area contributed by atoms with Crippen LogP contribution in [-0.2, 0) is 6.42 Å². The van der Waals surface area contributed by atoms with E-state index in [9.17, 15) is 0 Å². The van der Waals surface area contributed by atoms with Gasteiger partial charge >= 0.3 is 0 Å². The van der Waals surface area contributed by atoms with E-state index in [2.05, 4.69) is 39.3 Å². The fraction of sp³-hybridized carbons (Fsp3) is 0.375. The lowest BCUT2D eigenvalue weighted by molar-refractivity contribution is 0.385. The third-order valence-electron chi connectivity index (χ3n) is 4.24. The van der Waals surface area contributed by atoms with E-state index in [1.54, 1.807) is 0 Å². The minimum Gasteiger partial charge on any atom is -0.425 e. The maximum absolute atomic E-state index is 5.88. The number of H-pyrrole nitrogens is 1. The molecule has 0 saturated carbocycles. The number of hydrogen-bond acceptors (Lipinski definition) is 4. The number of likely N-dealkylation sites (tertiary alicyclic amines) is 1. The molecule has 2 aromatic heterocycles. The monoisotopic (exact) mass is 282 g/mol. The minimum absolute atomic E-state index is 0.388. The van der Waals surface area contributed by atoms with Gasteiger partial charge in [-0.05, 0) is 31.6 Å². The molecule has 1 aliphatic rings. The summed E-state index contributed by atoms with van der Waals surface area (Å²) < 4.78 is 5.88. The third-order valence-corrected chi connectivity index (χ3v) is 4.24. The Kier molecular flexibility index (Phi) is 3.00. The maximum atomic E-state index is 5.88. The Morgan fingerprint density at radius 3 is 3.10 bits per heavy atom. The molecule has 1 atom stereocenters. The first-order valence-corrected chi connectivity index (χ1v) is 7.35. The second-order valence-corrected chi connectivity index (χ2v) is 5.82. The van der Waals surface area contributed by atoms with Crippen LogP contribution < -0.4 is 0 Å². The van der Waals surface area contributed by atoms with E-state index in [0.29, 0.717) is 18.2 Å². The van der Waals surface area contributed by atoms with Crippen LogP contribution in [0.15, 0.2) is 34.9 Å². The van der Waals surface area contributed by atoms with Crippen LogP contribution in [0.2, 0.25) is 0 Å². The van der Waals surface area contributed by atoms with E-state index in [0.717, 1.165) is 30.9 Å². The SMILES string of the molecule is CN1CC[C@H](c2nnc(Cc3c[nH]c4ccccc34)o2)C1. The molecule has 0 aliphatic carbocycles. The van der Waals surface area contributed by atoms with Crippen LogP contribution in [0.3, 0.4) is 0 Å². The molecule has 1 aliphatic heterocycles. The molecule has 0 bridgehead atoms. The van der Waals surface area contributed by atoms with Gasteiger partial charge < -0.3 is 14.3 Å². The highest BCUT2D eigenvalue weighted by atomic mass is 16.4. The molecule has 1 saturated heterocycles. The summed E-state index contributed by atoms with van der Waals surface area (Å²) in [5.74, 6) is 1.87. The number of hydrogen-bond donors (Lipinski definition) is 1. The quantitative estimate of drug-likeness (QED) is 0.802. The number of rotatable bonds is 3. The standard InChI is InChI=1S/C16H18N4O/c1-20-7-6-11(10-20)16-19-18-15(21-16)8-12-9-17-14-5-3-2-4-13(12)14/h2-5,9,11,17H,6-8,10H2,1H3/t11-/m0/s1. The van der Waals surface area contributed by atoms with Crippen LogP contribution in [0.4, 0.5) is 0 Å². The van der Waals surface area contributed by atoms with Gasteiger partial charge in [0.05, 0.1) is 12.3 Å². The van der Waals surface area contributed by atoms with Gasteiger partial charge in [0.1, 0.15) is 0 Å². The topological polar surface area (TPSA) is 58.0 Å². The zero-order valence-corrected chi connectivity index (χ0v) is 12.0. The highest BCUT2D eigenvalue weighted by Gasteiger charge is 2.26. The molecule has 5 heteroatoms. The lowest BCUT2D eigenvalue weighted by Gasteiger charge is -2.05. The second kappa shape index (κ2) is 5.00. The summed E-state index contributed by atoms with van der Waals surface area (Å²) in [6.45, 7) is 2.11. The van der Waals surface area contributed by atoms with E-state index in [-0.39, 0.29) is 0 Å². The van der Waals surface area contributed by atoms with Crippen molar-refractivity contribution >= 4 is 10.9 Å². The van der Waals surface area contributed by atoms with Crippen LogP contribution in [0.5, 0.6) is 0 Å². The first kappa shape index (κ1) is 12.6. The van der Waals surface area contributed by atoms with Crippen molar-refractivity contribution in [3.63, 3.8) is 0 Å². The normalized spacial score (nSPS) is 19.6. The van der Waals surface area contributed by atoms with E-state index < -0.39 is 0 Å². The van der Waals surface area contributed by atoms with Crippen molar-refractivity contribution in [1.82, 2.24) is 20.1 Å². The average molecular weight is 282 g/mol. The Bertz CT molecular complexity index is 760. The van der Waals surface area contributed by atoms with Gasteiger partial charge in [0.25, 0.3) is 0 Å². The molecule has 1 N–H and O–H groups in total. The predicted molar refractivity (Wildman–Crippen MR) is 80.3 cm³/mol. The molecule has 21 heavy (non-hydrogen) atoms. The van der Waals surface area contributed by atoms with Crippen LogP contribution in [0.1, 0.15) is 29.7 Å². The highest BCUT2D eigenvalue weighted by Crippen LogP contribution is 2.26. The summed E-state index contributed by atoms with van der Waals surface area (Å²) in [5.41, 5.74) is 2.34. The summed E-state index contributed by atoms with van der Waals surface area (Å²) in [4.78, 5) is 5.58. The van der Waals surface area contributed by atoms with Crippen molar-refractivity contribution in [2.24, 2.45) is 0 Å².